The molecule has 1 rings (SSSR count). The Bertz CT molecular complexity index is 322. The van der Waals surface area contributed by atoms with E-state index in [1.165, 1.54) is 43.4 Å². The van der Waals surface area contributed by atoms with Gasteiger partial charge in [-0.15, -0.1) is 17.7 Å². The maximum absolute atomic E-state index is 3.01. The van der Waals surface area contributed by atoms with Crippen molar-refractivity contribution in [1.82, 2.24) is 0 Å². The molecule has 0 saturated heterocycles. The molecule has 138 valence electrons. The molecule has 0 saturated carbocycles. The fraction of sp³-hybridized carbons (Fsp3) is 0.636. The first-order valence-corrected chi connectivity index (χ1v) is 10.2. The Hall–Kier alpha value is -0.0713. The Labute approximate surface area is 174 Å². The van der Waals surface area contributed by atoms with Crippen LogP contribution in [0.2, 0.25) is 0 Å². The van der Waals surface area contributed by atoms with Gasteiger partial charge in [0.1, 0.15) is 0 Å². The summed E-state index contributed by atoms with van der Waals surface area (Å²) in [7, 11) is 0. The zero-order chi connectivity index (χ0) is 18.2. The maximum Gasteiger partial charge on any atom is 0.0594 e. The Morgan fingerprint density at radius 3 is 1.38 bits per heavy atom. The van der Waals surface area contributed by atoms with E-state index in [4.69, 9.17) is 0 Å². The predicted molar refractivity (Wildman–Crippen MR) is 118 cm³/mol. The molecule has 24 heavy (non-hydrogen) atoms. The number of hydrogen-bond acceptors (Lipinski definition) is 1. The Morgan fingerprint density at radius 1 is 0.708 bits per heavy atom. The van der Waals surface area contributed by atoms with E-state index in [-0.39, 0.29) is 23.9 Å². The molecule has 0 aliphatic carbocycles. The van der Waals surface area contributed by atoms with Crippen LogP contribution in [0.5, 0.6) is 0 Å². The SMILES string of the molecule is CC#CCSc1ccccc1.CCCC.CCCC.CCCC.[Sn]. The van der Waals surface area contributed by atoms with Gasteiger partial charge < -0.3 is 0 Å². The maximum atomic E-state index is 3.01. The minimum absolute atomic E-state index is 0. The number of hydrogen-bond donors (Lipinski definition) is 0. The summed E-state index contributed by atoms with van der Waals surface area (Å²) in [5.41, 5.74) is 0. The fourth-order valence-electron chi connectivity index (χ4n) is 0.708. The van der Waals surface area contributed by atoms with Crippen molar-refractivity contribution in [3.8, 4) is 11.8 Å². The average molecular weight is 455 g/mol. The smallest absolute Gasteiger partial charge is 0.0594 e. The average Bonchev–Trinajstić information content (AvgIpc) is 2.63. The van der Waals surface area contributed by atoms with Crippen molar-refractivity contribution in [3.63, 3.8) is 0 Å². The van der Waals surface area contributed by atoms with Crippen LogP contribution < -0.4 is 0 Å². The summed E-state index contributed by atoms with van der Waals surface area (Å²) in [4.78, 5) is 1.29. The molecular formula is C22H40SSn. The van der Waals surface area contributed by atoms with Gasteiger partial charge in [-0.1, -0.05) is 104 Å². The molecule has 0 amide bonds. The summed E-state index contributed by atoms with van der Waals surface area (Å²) < 4.78 is 0. The zero-order valence-electron chi connectivity index (χ0n) is 17.2. The standard InChI is InChI=1S/C10H10S.3C4H10.Sn/c1-2-3-9-11-10-7-5-4-6-8-10;3*1-3-4-2;/h4-8H,9H2,1H3;3*3-4H2,1-2H3;. The van der Waals surface area contributed by atoms with Crippen LogP contribution in [-0.2, 0) is 0 Å². The molecule has 0 atom stereocenters. The largest absolute Gasteiger partial charge is 0.113 e. The van der Waals surface area contributed by atoms with Crippen molar-refractivity contribution in [1.29, 1.82) is 0 Å². The van der Waals surface area contributed by atoms with Crippen LogP contribution in [0.3, 0.4) is 0 Å². The van der Waals surface area contributed by atoms with Crippen molar-refractivity contribution in [2.75, 3.05) is 5.75 Å². The van der Waals surface area contributed by atoms with Gasteiger partial charge in [-0.25, -0.2) is 0 Å². The first kappa shape index (κ1) is 31.7. The van der Waals surface area contributed by atoms with Gasteiger partial charge in [0.2, 0.25) is 0 Å². The third kappa shape index (κ3) is 37.9. The minimum Gasteiger partial charge on any atom is -0.113 e. The molecule has 0 aliphatic heterocycles. The predicted octanol–water partition coefficient (Wildman–Crippen LogP) is 7.84. The third-order valence-corrected chi connectivity index (χ3v) is 3.63. The van der Waals surface area contributed by atoms with E-state index in [0.717, 1.165) is 5.75 Å². The van der Waals surface area contributed by atoms with E-state index in [1.807, 2.05) is 25.1 Å². The summed E-state index contributed by atoms with van der Waals surface area (Å²) in [6, 6.07) is 10.3. The molecule has 0 fully saturated rings. The molecule has 1 aromatic carbocycles. The molecule has 2 heteroatoms. The zero-order valence-corrected chi connectivity index (χ0v) is 20.9. The first-order chi connectivity index (χ1) is 11.2. The second kappa shape index (κ2) is 34.3. The number of rotatable bonds is 5. The molecule has 0 unspecified atom stereocenters. The summed E-state index contributed by atoms with van der Waals surface area (Å²) in [6.45, 7) is 14.9. The summed E-state index contributed by atoms with van der Waals surface area (Å²) in [5, 5.41) is 0. The summed E-state index contributed by atoms with van der Waals surface area (Å²) in [6.07, 6.45) is 7.92. The van der Waals surface area contributed by atoms with Crippen LogP contribution in [0.25, 0.3) is 0 Å². The van der Waals surface area contributed by atoms with Crippen molar-refractivity contribution >= 4 is 35.7 Å². The number of benzene rings is 1. The van der Waals surface area contributed by atoms with Crippen LogP contribution >= 0.6 is 11.8 Å². The molecule has 0 spiro atoms. The summed E-state index contributed by atoms with van der Waals surface area (Å²) in [5.74, 6) is 6.77. The topological polar surface area (TPSA) is 0 Å². The van der Waals surface area contributed by atoms with Gasteiger partial charge in [-0.3, -0.25) is 0 Å². The number of thioether (sulfide) groups is 1. The van der Waals surface area contributed by atoms with Gasteiger partial charge in [0.05, 0.1) is 5.75 Å². The van der Waals surface area contributed by atoms with Gasteiger partial charge >= 0.3 is 0 Å². The van der Waals surface area contributed by atoms with E-state index < -0.39 is 0 Å². The van der Waals surface area contributed by atoms with Crippen LogP contribution in [0.15, 0.2) is 35.2 Å². The van der Waals surface area contributed by atoms with Gasteiger partial charge in [-0.05, 0) is 19.1 Å². The van der Waals surface area contributed by atoms with Crippen LogP contribution in [0, 0.1) is 11.8 Å². The fourth-order valence-corrected chi connectivity index (χ4v) is 1.44. The molecule has 4 radical (unpaired) electrons. The molecule has 0 aromatic heterocycles. The second-order valence-electron chi connectivity index (χ2n) is 5.03. The molecule has 0 bridgehead atoms. The first-order valence-electron chi connectivity index (χ1n) is 9.25. The Balaban J connectivity index is -0.000000130. The van der Waals surface area contributed by atoms with Crippen LogP contribution in [0.1, 0.15) is 87.0 Å². The van der Waals surface area contributed by atoms with Crippen molar-refractivity contribution in [3.05, 3.63) is 30.3 Å². The summed E-state index contributed by atoms with van der Waals surface area (Å²) >= 11 is 1.77. The second-order valence-corrected chi connectivity index (χ2v) is 6.08. The van der Waals surface area contributed by atoms with Gasteiger partial charge in [0.15, 0.2) is 0 Å². The van der Waals surface area contributed by atoms with Gasteiger partial charge in [0.25, 0.3) is 0 Å². The molecule has 0 nitrogen and oxygen atoms in total. The van der Waals surface area contributed by atoms with Gasteiger partial charge in [-0.2, -0.15) is 0 Å². The van der Waals surface area contributed by atoms with E-state index >= 15 is 0 Å². The molecule has 0 heterocycles. The quantitative estimate of drug-likeness (QED) is 0.248. The van der Waals surface area contributed by atoms with Crippen molar-refractivity contribution in [2.24, 2.45) is 0 Å². The van der Waals surface area contributed by atoms with Crippen molar-refractivity contribution in [2.45, 2.75) is 91.9 Å². The van der Waals surface area contributed by atoms with E-state index in [2.05, 4.69) is 65.5 Å². The molecule has 0 aliphatic rings. The third-order valence-electron chi connectivity index (χ3n) is 2.73. The minimum atomic E-state index is 0. The van der Waals surface area contributed by atoms with E-state index in [1.54, 1.807) is 11.8 Å². The van der Waals surface area contributed by atoms with Gasteiger partial charge in [0, 0.05) is 28.8 Å². The molecular weight excluding hydrogens is 415 g/mol. The Kier molecular flexibility index (Phi) is 45.3. The van der Waals surface area contributed by atoms with E-state index in [0.29, 0.717) is 0 Å². The van der Waals surface area contributed by atoms with Crippen LogP contribution in [0.4, 0.5) is 0 Å². The monoisotopic (exact) mass is 456 g/mol. The Morgan fingerprint density at radius 2 is 1.08 bits per heavy atom. The van der Waals surface area contributed by atoms with Crippen LogP contribution in [-0.4, -0.2) is 29.7 Å². The molecule has 1 aromatic rings. The van der Waals surface area contributed by atoms with E-state index in [9.17, 15) is 0 Å². The van der Waals surface area contributed by atoms with Crippen molar-refractivity contribution < 1.29 is 0 Å². The molecule has 0 N–H and O–H groups in total. The normalized spacial score (nSPS) is 7.62. The number of unbranched alkanes of at least 4 members (excludes halogenated alkanes) is 3.